The van der Waals surface area contributed by atoms with Crippen LogP contribution in [0.3, 0.4) is 0 Å². The monoisotopic (exact) mass is 243 g/mol. The van der Waals surface area contributed by atoms with Crippen LogP contribution in [0.4, 0.5) is 8.78 Å². The molecule has 0 bridgehead atoms. The van der Waals surface area contributed by atoms with E-state index in [0.717, 1.165) is 31.7 Å². The van der Waals surface area contributed by atoms with E-state index in [0.29, 0.717) is 4.90 Å². The van der Waals surface area contributed by atoms with Gasteiger partial charge >= 0.3 is 0 Å². The first-order chi connectivity index (χ1) is 7.66. The molecule has 0 saturated heterocycles. The Hall–Kier alpha value is -0.610. The second-order valence-corrected chi connectivity index (χ2v) is 5.46. The predicted molar refractivity (Wildman–Crippen MR) is 62.4 cm³/mol. The second-order valence-electron chi connectivity index (χ2n) is 4.18. The summed E-state index contributed by atoms with van der Waals surface area (Å²) < 4.78 is 26.2. The summed E-state index contributed by atoms with van der Waals surface area (Å²) in [6.07, 6.45) is 4.32. The highest BCUT2D eigenvalue weighted by Crippen LogP contribution is 2.34. The van der Waals surface area contributed by atoms with E-state index in [1.54, 1.807) is 0 Å². The molecule has 2 atom stereocenters. The average Bonchev–Trinajstić information content (AvgIpc) is 2.25. The lowest BCUT2D eigenvalue weighted by Gasteiger charge is -2.27. The van der Waals surface area contributed by atoms with Crippen LogP contribution in [-0.4, -0.2) is 11.3 Å². The number of hydrogen-bond donors (Lipinski definition) is 1. The Morgan fingerprint density at radius 1 is 1.19 bits per heavy atom. The lowest BCUT2D eigenvalue weighted by atomic mass is 9.96. The molecular weight excluding hydrogens is 228 g/mol. The van der Waals surface area contributed by atoms with Crippen LogP contribution < -0.4 is 5.73 Å². The Labute approximate surface area is 98.4 Å². The normalized spacial score (nSPS) is 25.7. The van der Waals surface area contributed by atoms with Crippen LogP contribution in [0.25, 0.3) is 0 Å². The third-order valence-corrected chi connectivity index (χ3v) is 4.40. The molecule has 1 aliphatic rings. The Kier molecular flexibility index (Phi) is 3.82. The summed E-state index contributed by atoms with van der Waals surface area (Å²) in [6, 6.07) is 3.84. The molecule has 0 spiro atoms. The van der Waals surface area contributed by atoms with Crippen LogP contribution in [-0.2, 0) is 0 Å². The maximum absolute atomic E-state index is 13.4. The van der Waals surface area contributed by atoms with Crippen molar-refractivity contribution in [2.45, 2.75) is 41.9 Å². The maximum Gasteiger partial charge on any atom is 0.139 e. The molecule has 0 radical (unpaired) electrons. The molecule has 0 aromatic heterocycles. The molecule has 0 heterocycles. The zero-order chi connectivity index (χ0) is 11.5. The van der Waals surface area contributed by atoms with Gasteiger partial charge in [0.15, 0.2) is 0 Å². The molecule has 1 aromatic rings. The van der Waals surface area contributed by atoms with E-state index in [4.69, 9.17) is 5.73 Å². The van der Waals surface area contributed by atoms with Gasteiger partial charge in [0.05, 0.1) is 0 Å². The quantitative estimate of drug-likeness (QED) is 0.862. The molecule has 1 nitrogen and oxygen atoms in total. The highest BCUT2D eigenvalue weighted by Gasteiger charge is 2.23. The molecule has 4 heteroatoms. The molecule has 2 unspecified atom stereocenters. The first kappa shape index (κ1) is 11.9. The SMILES string of the molecule is NC1CCCCC1Sc1ccc(F)cc1F. The molecule has 2 rings (SSSR count). The van der Waals surface area contributed by atoms with Crippen molar-refractivity contribution < 1.29 is 8.78 Å². The average molecular weight is 243 g/mol. The molecule has 0 aliphatic heterocycles. The van der Waals surface area contributed by atoms with Gasteiger partial charge in [-0.05, 0) is 25.0 Å². The van der Waals surface area contributed by atoms with Gasteiger partial charge in [0.1, 0.15) is 11.6 Å². The number of nitrogens with two attached hydrogens (primary N) is 1. The lowest BCUT2D eigenvalue weighted by molar-refractivity contribution is 0.452. The minimum atomic E-state index is -0.533. The molecule has 0 amide bonds. The van der Waals surface area contributed by atoms with Crippen LogP contribution in [0.2, 0.25) is 0 Å². The highest BCUT2D eigenvalue weighted by atomic mass is 32.2. The molecule has 1 aromatic carbocycles. The molecule has 16 heavy (non-hydrogen) atoms. The summed E-state index contributed by atoms with van der Waals surface area (Å²) in [4.78, 5) is 0.503. The fourth-order valence-corrected chi connectivity index (χ4v) is 3.25. The summed E-state index contributed by atoms with van der Waals surface area (Å²) in [5.41, 5.74) is 5.99. The number of halogens is 2. The van der Waals surface area contributed by atoms with Crippen molar-refractivity contribution in [3.63, 3.8) is 0 Å². The molecule has 1 fully saturated rings. The number of hydrogen-bond acceptors (Lipinski definition) is 2. The van der Waals surface area contributed by atoms with E-state index in [-0.39, 0.29) is 11.3 Å². The topological polar surface area (TPSA) is 26.0 Å². The van der Waals surface area contributed by atoms with Gasteiger partial charge < -0.3 is 5.73 Å². The van der Waals surface area contributed by atoms with E-state index in [1.165, 1.54) is 23.9 Å². The van der Waals surface area contributed by atoms with Gasteiger partial charge in [-0.1, -0.05) is 12.8 Å². The Morgan fingerprint density at radius 3 is 2.62 bits per heavy atom. The van der Waals surface area contributed by atoms with Gasteiger partial charge in [0.2, 0.25) is 0 Å². The standard InChI is InChI=1S/C12H15F2NS/c13-8-5-6-11(9(14)7-8)16-12-4-2-1-3-10(12)15/h5-7,10,12H,1-4,15H2. The zero-order valence-corrected chi connectivity index (χ0v) is 9.77. The maximum atomic E-state index is 13.4. The second kappa shape index (κ2) is 5.15. The van der Waals surface area contributed by atoms with Gasteiger partial charge in [0.25, 0.3) is 0 Å². The smallest absolute Gasteiger partial charge is 0.139 e. The highest BCUT2D eigenvalue weighted by molar-refractivity contribution is 8.00. The van der Waals surface area contributed by atoms with E-state index in [2.05, 4.69) is 0 Å². The van der Waals surface area contributed by atoms with Gasteiger partial charge in [-0.15, -0.1) is 11.8 Å². The Morgan fingerprint density at radius 2 is 1.94 bits per heavy atom. The van der Waals surface area contributed by atoms with E-state index >= 15 is 0 Å². The Bertz CT molecular complexity index is 370. The summed E-state index contributed by atoms with van der Waals surface area (Å²) in [6.45, 7) is 0. The predicted octanol–water partition coefficient (Wildman–Crippen LogP) is 3.33. The zero-order valence-electron chi connectivity index (χ0n) is 8.96. The number of rotatable bonds is 2. The van der Waals surface area contributed by atoms with Gasteiger partial charge in [-0.25, -0.2) is 8.78 Å². The first-order valence-electron chi connectivity index (χ1n) is 5.54. The minimum absolute atomic E-state index is 0.128. The van der Waals surface area contributed by atoms with Gasteiger partial charge in [0, 0.05) is 22.3 Å². The van der Waals surface area contributed by atoms with Crippen LogP contribution in [0, 0.1) is 11.6 Å². The van der Waals surface area contributed by atoms with Gasteiger partial charge in [-0.3, -0.25) is 0 Å². The van der Waals surface area contributed by atoms with Crippen LogP contribution >= 0.6 is 11.8 Å². The van der Waals surface area contributed by atoms with Crippen molar-refractivity contribution in [1.82, 2.24) is 0 Å². The Balaban J connectivity index is 2.07. The largest absolute Gasteiger partial charge is 0.327 e. The summed E-state index contributed by atoms with van der Waals surface area (Å²) in [5, 5.41) is 0.258. The summed E-state index contributed by atoms with van der Waals surface area (Å²) in [5.74, 6) is -1.02. The van der Waals surface area contributed by atoms with Crippen LogP contribution in [0.5, 0.6) is 0 Å². The van der Waals surface area contributed by atoms with Crippen LogP contribution in [0.1, 0.15) is 25.7 Å². The van der Waals surface area contributed by atoms with E-state index in [9.17, 15) is 8.78 Å². The lowest BCUT2D eigenvalue weighted by Crippen LogP contribution is -2.35. The van der Waals surface area contributed by atoms with Crippen LogP contribution in [0.15, 0.2) is 23.1 Å². The fourth-order valence-electron chi connectivity index (χ4n) is 2.01. The molecule has 1 saturated carbocycles. The van der Waals surface area contributed by atoms with Crippen molar-refractivity contribution in [3.05, 3.63) is 29.8 Å². The number of thioether (sulfide) groups is 1. The van der Waals surface area contributed by atoms with Crippen molar-refractivity contribution in [1.29, 1.82) is 0 Å². The van der Waals surface area contributed by atoms with Crippen molar-refractivity contribution in [3.8, 4) is 0 Å². The minimum Gasteiger partial charge on any atom is -0.327 e. The van der Waals surface area contributed by atoms with Gasteiger partial charge in [-0.2, -0.15) is 0 Å². The first-order valence-corrected chi connectivity index (χ1v) is 6.42. The molecular formula is C12H15F2NS. The number of benzene rings is 1. The van der Waals surface area contributed by atoms with Crippen molar-refractivity contribution in [2.24, 2.45) is 5.73 Å². The van der Waals surface area contributed by atoms with E-state index < -0.39 is 11.6 Å². The summed E-state index contributed by atoms with van der Waals surface area (Å²) >= 11 is 1.44. The fraction of sp³-hybridized carbons (Fsp3) is 0.500. The van der Waals surface area contributed by atoms with Crippen molar-refractivity contribution >= 4 is 11.8 Å². The molecule has 88 valence electrons. The third kappa shape index (κ3) is 2.74. The van der Waals surface area contributed by atoms with E-state index in [1.807, 2.05) is 0 Å². The summed E-state index contributed by atoms with van der Waals surface area (Å²) in [7, 11) is 0. The molecule has 2 N–H and O–H groups in total. The van der Waals surface area contributed by atoms with Crippen molar-refractivity contribution in [2.75, 3.05) is 0 Å². The molecule has 1 aliphatic carbocycles. The third-order valence-electron chi connectivity index (χ3n) is 2.93.